The second-order valence-corrected chi connectivity index (χ2v) is 6.20. The lowest BCUT2D eigenvalue weighted by atomic mass is 9.96. The number of aliphatic hydroxyl groups excluding tert-OH is 1. The van der Waals surface area contributed by atoms with Gasteiger partial charge in [-0.25, -0.2) is 0 Å². The molecule has 4 nitrogen and oxygen atoms in total. The molecule has 0 heterocycles. The normalized spacial score (nSPS) is 13.7. The van der Waals surface area contributed by atoms with Gasteiger partial charge in [-0.2, -0.15) is 0 Å². The lowest BCUT2D eigenvalue weighted by molar-refractivity contribution is 0.128. The topological polar surface area (TPSA) is 75.7 Å². The van der Waals surface area contributed by atoms with Gasteiger partial charge >= 0.3 is 0 Å². The van der Waals surface area contributed by atoms with Crippen LogP contribution in [0.3, 0.4) is 0 Å². The Morgan fingerprint density at radius 1 is 1.29 bits per heavy atom. The van der Waals surface area contributed by atoms with Crippen molar-refractivity contribution in [2.24, 2.45) is 11.7 Å². The molecule has 1 rings (SSSR count). The molecule has 0 unspecified atom stereocenters. The van der Waals surface area contributed by atoms with Crippen LogP contribution in [0.2, 0.25) is 0 Å². The van der Waals surface area contributed by atoms with Crippen molar-refractivity contribution in [1.29, 1.82) is 0 Å². The molecular formula is C15H25BrClNO3. The molecule has 122 valence electrons. The summed E-state index contributed by atoms with van der Waals surface area (Å²) in [5.41, 5.74) is 6.85. The number of rotatable bonds is 7. The Morgan fingerprint density at radius 3 is 2.43 bits per heavy atom. The van der Waals surface area contributed by atoms with Crippen LogP contribution in [0, 0.1) is 5.92 Å². The van der Waals surface area contributed by atoms with Gasteiger partial charge in [0, 0.05) is 0 Å². The molecule has 0 bridgehead atoms. The predicted octanol–water partition coefficient (Wildman–Crippen LogP) is 3.77. The monoisotopic (exact) mass is 381 g/mol. The van der Waals surface area contributed by atoms with E-state index in [0.717, 1.165) is 12.0 Å². The molecule has 0 fully saturated rings. The fraction of sp³-hybridized carbons (Fsp3) is 0.600. The zero-order valence-corrected chi connectivity index (χ0v) is 15.1. The van der Waals surface area contributed by atoms with Gasteiger partial charge in [-0.15, -0.1) is 12.4 Å². The van der Waals surface area contributed by atoms with Crippen molar-refractivity contribution in [3.05, 3.63) is 22.2 Å². The first-order valence-corrected chi connectivity index (χ1v) is 7.74. The van der Waals surface area contributed by atoms with Gasteiger partial charge in [0.1, 0.15) is 0 Å². The van der Waals surface area contributed by atoms with Crippen LogP contribution in [0.1, 0.15) is 45.2 Å². The van der Waals surface area contributed by atoms with Crippen molar-refractivity contribution in [3.8, 4) is 11.5 Å². The van der Waals surface area contributed by atoms with Crippen molar-refractivity contribution in [2.75, 3.05) is 6.61 Å². The first-order chi connectivity index (χ1) is 9.36. The molecule has 0 aliphatic heterocycles. The van der Waals surface area contributed by atoms with E-state index < -0.39 is 12.1 Å². The van der Waals surface area contributed by atoms with Crippen LogP contribution >= 0.6 is 28.3 Å². The molecule has 2 atom stereocenters. The van der Waals surface area contributed by atoms with Crippen LogP contribution in [0.4, 0.5) is 0 Å². The Labute approximate surface area is 141 Å². The van der Waals surface area contributed by atoms with E-state index in [4.69, 9.17) is 10.5 Å². The third-order valence-electron chi connectivity index (χ3n) is 3.19. The van der Waals surface area contributed by atoms with E-state index in [1.54, 1.807) is 12.1 Å². The first kappa shape index (κ1) is 20.5. The summed E-state index contributed by atoms with van der Waals surface area (Å²) in [4.78, 5) is 0. The van der Waals surface area contributed by atoms with Crippen LogP contribution in [0.15, 0.2) is 16.6 Å². The SMILES string of the molecule is CCOc1cc([C@@H](N)[C@@H](O)CCC(C)C)cc(Br)c1O.Cl. The molecule has 21 heavy (non-hydrogen) atoms. The average molecular weight is 383 g/mol. The van der Waals surface area contributed by atoms with Crippen LogP contribution in [-0.2, 0) is 0 Å². The van der Waals surface area contributed by atoms with Crippen LogP contribution in [0.25, 0.3) is 0 Å². The summed E-state index contributed by atoms with van der Waals surface area (Å²) in [6.45, 7) is 6.52. The number of hydrogen-bond donors (Lipinski definition) is 3. The molecule has 1 aromatic rings. The van der Waals surface area contributed by atoms with Gasteiger partial charge in [-0.3, -0.25) is 0 Å². The van der Waals surface area contributed by atoms with E-state index in [1.807, 2.05) is 6.92 Å². The summed E-state index contributed by atoms with van der Waals surface area (Å²) >= 11 is 3.28. The number of aromatic hydroxyl groups is 1. The summed E-state index contributed by atoms with van der Waals surface area (Å²) in [5.74, 6) is 0.963. The lowest BCUT2D eigenvalue weighted by Gasteiger charge is -2.21. The number of benzene rings is 1. The Morgan fingerprint density at radius 2 is 1.90 bits per heavy atom. The Bertz CT molecular complexity index is 443. The van der Waals surface area contributed by atoms with Crippen LogP contribution in [0.5, 0.6) is 11.5 Å². The highest BCUT2D eigenvalue weighted by Gasteiger charge is 2.20. The smallest absolute Gasteiger partial charge is 0.172 e. The second-order valence-electron chi connectivity index (χ2n) is 5.35. The molecule has 0 aromatic heterocycles. The number of phenolic OH excluding ortho intramolecular Hbond substituents is 1. The van der Waals surface area contributed by atoms with Gasteiger partial charge in [-0.05, 0) is 59.3 Å². The largest absolute Gasteiger partial charge is 0.503 e. The van der Waals surface area contributed by atoms with E-state index in [1.165, 1.54) is 0 Å². The Hall–Kier alpha value is -0.490. The van der Waals surface area contributed by atoms with E-state index >= 15 is 0 Å². The number of aliphatic hydroxyl groups is 1. The summed E-state index contributed by atoms with van der Waals surface area (Å²) in [6, 6.07) is 2.92. The van der Waals surface area contributed by atoms with Gasteiger partial charge in [0.05, 0.1) is 23.2 Å². The standard InChI is InChI=1S/C15H24BrNO3.ClH/c1-4-20-13-8-10(7-11(16)15(13)19)14(17)12(18)6-5-9(2)3;/h7-9,12,14,18-19H,4-6,17H2,1-3H3;1H/t12-,14+;/m0./s1. The van der Waals surface area contributed by atoms with E-state index in [9.17, 15) is 10.2 Å². The van der Waals surface area contributed by atoms with Crippen LogP contribution in [-0.4, -0.2) is 22.9 Å². The fourth-order valence-electron chi connectivity index (χ4n) is 1.96. The number of hydrogen-bond acceptors (Lipinski definition) is 4. The number of halogens is 2. The quantitative estimate of drug-likeness (QED) is 0.671. The second kappa shape index (κ2) is 9.51. The van der Waals surface area contributed by atoms with Gasteiger partial charge in [0.15, 0.2) is 11.5 Å². The lowest BCUT2D eigenvalue weighted by Crippen LogP contribution is -2.26. The van der Waals surface area contributed by atoms with Gasteiger partial charge < -0.3 is 20.7 Å². The molecule has 0 radical (unpaired) electrons. The maximum absolute atomic E-state index is 10.2. The minimum Gasteiger partial charge on any atom is -0.503 e. The van der Waals surface area contributed by atoms with Crippen molar-refractivity contribution in [3.63, 3.8) is 0 Å². The Kier molecular flexibility index (Phi) is 9.29. The van der Waals surface area contributed by atoms with E-state index in [-0.39, 0.29) is 18.2 Å². The van der Waals surface area contributed by atoms with Crippen LogP contribution < -0.4 is 10.5 Å². The third kappa shape index (κ3) is 6.02. The Balaban J connectivity index is 0.00000400. The summed E-state index contributed by atoms with van der Waals surface area (Å²) in [6.07, 6.45) is 0.969. The summed E-state index contributed by atoms with van der Waals surface area (Å²) in [7, 11) is 0. The van der Waals surface area contributed by atoms with E-state index in [0.29, 0.717) is 29.2 Å². The molecular weight excluding hydrogens is 358 g/mol. The van der Waals surface area contributed by atoms with Gasteiger partial charge in [-0.1, -0.05) is 13.8 Å². The molecule has 1 aromatic carbocycles. The van der Waals surface area contributed by atoms with Crippen molar-refractivity contribution >= 4 is 28.3 Å². The van der Waals surface area contributed by atoms with E-state index in [2.05, 4.69) is 29.8 Å². The number of phenols is 1. The molecule has 4 N–H and O–H groups in total. The molecule has 0 aliphatic carbocycles. The van der Waals surface area contributed by atoms with Crippen molar-refractivity contribution in [1.82, 2.24) is 0 Å². The maximum Gasteiger partial charge on any atom is 0.172 e. The summed E-state index contributed by atoms with van der Waals surface area (Å²) in [5, 5.41) is 20.0. The molecule has 0 spiro atoms. The molecule has 0 saturated carbocycles. The first-order valence-electron chi connectivity index (χ1n) is 6.95. The van der Waals surface area contributed by atoms with Gasteiger partial charge in [0.25, 0.3) is 0 Å². The highest BCUT2D eigenvalue weighted by Crippen LogP contribution is 2.37. The zero-order chi connectivity index (χ0) is 15.3. The zero-order valence-electron chi connectivity index (χ0n) is 12.7. The minimum atomic E-state index is -0.608. The predicted molar refractivity (Wildman–Crippen MR) is 91.2 cm³/mol. The molecule has 0 amide bonds. The highest BCUT2D eigenvalue weighted by molar-refractivity contribution is 9.10. The number of nitrogens with two attached hydrogens (primary N) is 1. The maximum atomic E-state index is 10.2. The van der Waals surface area contributed by atoms with Crippen molar-refractivity contribution < 1.29 is 14.9 Å². The number of ether oxygens (including phenoxy) is 1. The third-order valence-corrected chi connectivity index (χ3v) is 3.79. The summed E-state index contributed by atoms with van der Waals surface area (Å²) < 4.78 is 5.89. The minimum absolute atomic E-state index is 0. The van der Waals surface area contributed by atoms with Gasteiger partial charge in [0.2, 0.25) is 0 Å². The highest BCUT2D eigenvalue weighted by atomic mass is 79.9. The molecule has 0 saturated heterocycles. The molecule has 0 aliphatic rings. The molecule has 6 heteroatoms. The van der Waals surface area contributed by atoms with Crippen molar-refractivity contribution in [2.45, 2.75) is 45.8 Å². The average Bonchev–Trinajstić information content (AvgIpc) is 2.40. The fourth-order valence-corrected chi connectivity index (χ4v) is 2.42.